The summed E-state index contributed by atoms with van der Waals surface area (Å²) >= 11 is 3.86. The predicted octanol–water partition coefficient (Wildman–Crippen LogP) is 5.22. The number of carbonyl (C=O) groups is 2. The lowest BCUT2D eigenvalue weighted by Crippen LogP contribution is -2.51. The second-order valence-corrected chi connectivity index (χ2v) is 9.20. The predicted molar refractivity (Wildman–Crippen MR) is 123 cm³/mol. The van der Waals surface area contributed by atoms with Crippen molar-refractivity contribution < 1.29 is 19.1 Å². The molecule has 1 saturated carbocycles. The Balaban J connectivity index is 1.70. The first-order chi connectivity index (χ1) is 14.6. The third-order valence-corrected chi connectivity index (χ3v) is 8.11. The van der Waals surface area contributed by atoms with Crippen LogP contribution in [-0.4, -0.2) is 35.7 Å². The van der Waals surface area contributed by atoms with E-state index in [1.165, 1.54) is 21.9 Å². The van der Waals surface area contributed by atoms with Crippen molar-refractivity contribution in [3.63, 3.8) is 0 Å². The molecule has 0 radical (unpaired) electrons. The Hall–Kier alpha value is -2.18. The van der Waals surface area contributed by atoms with Gasteiger partial charge in [-0.1, -0.05) is 48.6 Å². The average Bonchev–Trinajstić information content (AvgIpc) is 2.73. The summed E-state index contributed by atoms with van der Waals surface area (Å²) in [6, 6.07) is 8.51. The lowest BCUT2D eigenvalue weighted by molar-refractivity contribution is -0.138. The Morgan fingerprint density at radius 2 is 1.23 bits per heavy atom. The van der Waals surface area contributed by atoms with Crippen molar-refractivity contribution in [1.82, 2.24) is 0 Å². The number of hydrogen-bond donors (Lipinski definition) is 0. The molecule has 3 rings (SSSR count). The monoisotopic (exact) mass is 442 g/mol. The molecular weight excluding hydrogens is 416 g/mol. The summed E-state index contributed by atoms with van der Waals surface area (Å²) in [7, 11) is 0. The zero-order chi connectivity index (χ0) is 21.3. The number of thioether (sulfide) groups is 2. The average molecular weight is 443 g/mol. The molecule has 4 unspecified atom stereocenters. The van der Waals surface area contributed by atoms with E-state index in [1.807, 2.05) is 35.7 Å². The van der Waals surface area contributed by atoms with Gasteiger partial charge in [0.05, 0.1) is 13.2 Å². The number of benzene rings is 1. The first-order valence-corrected chi connectivity index (χ1v) is 11.9. The van der Waals surface area contributed by atoms with Crippen molar-refractivity contribution in [2.45, 2.75) is 34.1 Å². The zero-order valence-electron chi connectivity index (χ0n) is 17.1. The Labute approximate surface area is 186 Å². The molecule has 0 saturated heterocycles. The summed E-state index contributed by atoms with van der Waals surface area (Å²) in [5.41, 5.74) is 0. The van der Waals surface area contributed by atoms with Crippen molar-refractivity contribution in [2.75, 3.05) is 13.2 Å². The molecule has 1 heterocycles. The second kappa shape index (κ2) is 11.3. The van der Waals surface area contributed by atoms with Crippen LogP contribution in [-0.2, 0) is 19.1 Å². The summed E-state index contributed by atoms with van der Waals surface area (Å²) in [5.74, 6) is 0.0382. The molecule has 1 fully saturated rings. The van der Waals surface area contributed by atoms with Crippen LogP contribution in [0.5, 0.6) is 0 Å². The van der Waals surface area contributed by atoms with Gasteiger partial charge in [-0.3, -0.25) is 0 Å². The summed E-state index contributed by atoms with van der Waals surface area (Å²) < 4.78 is 9.83. The van der Waals surface area contributed by atoms with Gasteiger partial charge in [0.1, 0.15) is 0 Å². The number of hydrogen-bond acceptors (Lipinski definition) is 6. The van der Waals surface area contributed by atoms with Crippen LogP contribution in [0.2, 0.25) is 0 Å². The van der Waals surface area contributed by atoms with E-state index in [-0.39, 0.29) is 11.9 Å². The maximum absolute atomic E-state index is 11.5. The van der Waals surface area contributed by atoms with Crippen LogP contribution in [0.25, 0.3) is 0 Å². The van der Waals surface area contributed by atoms with E-state index >= 15 is 0 Å². The molecule has 1 aromatic carbocycles. The highest BCUT2D eigenvalue weighted by Crippen LogP contribution is 2.59. The first-order valence-electron chi connectivity index (χ1n) is 10.1. The van der Waals surface area contributed by atoms with Crippen LogP contribution in [0.4, 0.5) is 0 Å². The van der Waals surface area contributed by atoms with Crippen LogP contribution in [0.15, 0.2) is 82.7 Å². The van der Waals surface area contributed by atoms with E-state index in [0.717, 1.165) is 0 Å². The number of rotatable bonds is 8. The minimum atomic E-state index is -0.328. The second-order valence-electron chi connectivity index (χ2n) is 6.76. The van der Waals surface area contributed by atoms with Crippen molar-refractivity contribution in [2.24, 2.45) is 11.8 Å². The maximum Gasteiger partial charge on any atom is 0.330 e. The van der Waals surface area contributed by atoms with E-state index in [1.54, 1.807) is 26.0 Å². The fourth-order valence-corrected chi connectivity index (χ4v) is 6.85. The van der Waals surface area contributed by atoms with Crippen LogP contribution in [0.1, 0.15) is 13.8 Å². The molecular formula is C24H26O4S2. The molecule has 4 nitrogen and oxygen atoms in total. The van der Waals surface area contributed by atoms with Crippen LogP contribution >= 0.6 is 23.5 Å². The van der Waals surface area contributed by atoms with Gasteiger partial charge < -0.3 is 9.47 Å². The summed E-state index contributed by atoms with van der Waals surface area (Å²) in [6.07, 6.45) is 14.6. The fourth-order valence-electron chi connectivity index (χ4n) is 3.47. The third kappa shape index (κ3) is 5.70. The van der Waals surface area contributed by atoms with Gasteiger partial charge in [0.2, 0.25) is 0 Å². The van der Waals surface area contributed by atoms with Gasteiger partial charge in [-0.25, -0.2) is 9.59 Å². The molecule has 2 aliphatic rings. The largest absolute Gasteiger partial charge is 0.463 e. The molecule has 158 valence electrons. The molecule has 30 heavy (non-hydrogen) atoms. The van der Waals surface area contributed by atoms with Crippen LogP contribution in [0.3, 0.4) is 0 Å². The van der Waals surface area contributed by atoms with E-state index in [9.17, 15) is 9.59 Å². The molecule has 1 aliphatic carbocycles. The first kappa shape index (κ1) is 22.5. The summed E-state index contributed by atoms with van der Waals surface area (Å²) in [6.45, 7) is 4.33. The molecule has 1 aliphatic heterocycles. The third-order valence-electron chi connectivity index (χ3n) is 4.83. The van der Waals surface area contributed by atoms with Gasteiger partial charge in [-0.2, -0.15) is 0 Å². The zero-order valence-corrected chi connectivity index (χ0v) is 18.7. The van der Waals surface area contributed by atoms with Crippen molar-refractivity contribution >= 4 is 35.5 Å². The van der Waals surface area contributed by atoms with Gasteiger partial charge >= 0.3 is 11.9 Å². The highest BCUT2D eigenvalue weighted by molar-refractivity contribution is 8.06. The number of ether oxygens (including phenoxy) is 2. The van der Waals surface area contributed by atoms with Crippen LogP contribution < -0.4 is 0 Å². The number of carbonyl (C=O) groups excluding carboxylic acids is 2. The Morgan fingerprint density at radius 3 is 1.63 bits per heavy atom. The standard InChI is InChI=1S/C24H26O4S2/c1-3-27-21(25)15-9-5-11-17-18(12-6-10-16-22(26)28-4-2)24-23(17)29-19-13-7-8-14-20(19)30-24/h5-18,23-24H,3-4H2,1-2H3/b11-5+,12-6+,15-9+,16-10+. The molecule has 0 N–H and O–H groups in total. The molecule has 1 aromatic rings. The van der Waals surface area contributed by atoms with Crippen molar-refractivity contribution in [3.05, 3.63) is 72.9 Å². The van der Waals surface area contributed by atoms with E-state index in [2.05, 4.69) is 36.4 Å². The highest BCUT2D eigenvalue weighted by atomic mass is 32.2. The molecule has 0 spiro atoms. The molecule has 6 heteroatoms. The number of allylic oxidation sites excluding steroid dienone is 6. The van der Waals surface area contributed by atoms with Crippen molar-refractivity contribution in [3.8, 4) is 0 Å². The number of fused-ring (bicyclic) bond motifs is 2. The van der Waals surface area contributed by atoms with Gasteiger partial charge in [-0.05, 0) is 37.8 Å². The van der Waals surface area contributed by atoms with Gasteiger partial charge in [-0.15, -0.1) is 23.5 Å². The fraction of sp³-hybridized carbons (Fsp3) is 0.333. The van der Waals surface area contributed by atoms with Crippen molar-refractivity contribution in [1.29, 1.82) is 0 Å². The van der Waals surface area contributed by atoms with Crippen LogP contribution in [0, 0.1) is 11.8 Å². The number of esters is 2. The summed E-state index contributed by atoms with van der Waals surface area (Å²) in [5, 5.41) is 0.946. The topological polar surface area (TPSA) is 52.6 Å². The van der Waals surface area contributed by atoms with E-state index < -0.39 is 0 Å². The summed E-state index contributed by atoms with van der Waals surface area (Å²) in [4.78, 5) is 25.6. The Kier molecular flexibility index (Phi) is 8.46. The lowest BCUT2D eigenvalue weighted by Gasteiger charge is -2.51. The highest BCUT2D eigenvalue weighted by Gasteiger charge is 2.50. The van der Waals surface area contributed by atoms with Gasteiger partial charge in [0.25, 0.3) is 0 Å². The normalized spacial score (nSPS) is 25.4. The van der Waals surface area contributed by atoms with E-state index in [4.69, 9.17) is 9.47 Å². The molecule has 4 atom stereocenters. The maximum atomic E-state index is 11.5. The minimum Gasteiger partial charge on any atom is -0.463 e. The lowest BCUT2D eigenvalue weighted by atomic mass is 9.72. The van der Waals surface area contributed by atoms with Gasteiger partial charge in [0, 0.05) is 32.4 Å². The Bertz CT molecular complexity index is 801. The van der Waals surface area contributed by atoms with E-state index in [0.29, 0.717) is 35.5 Å². The van der Waals surface area contributed by atoms with Gasteiger partial charge in [0.15, 0.2) is 0 Å². The molecule has 0 aromatic heterocycles. The quantitative estimate of drug-likeness (QED) is 0.313. The Morgan fingerprint density at radius 1 is 0.800 bits per heavy atom. The molecule has 0 bridgehead atoms. The molecule has 0 amide bonds. The minimum absolute atomic E-state index is 0.328. The smallest absolute Gasteiger partial charge is 0.330 e. The SMILES string of the molecule is CCOC(=O)/C=C/C=C/C1C(/C=C/C=C/C(=O)OCC)C2Sc3ccccc3SC12.